The molecule has 1 unspecified atom stereocenters. The highest BCUT2D eigenvalue weighted by molar-refractivity contribution is 5.42. The molecule has 2 N–H and O–H groups in total. The summed E-state index contributed by atoms with van der Waals surface area (Å²) in [5, 5.41) is 0. The molecule has 1 aliphatic rings. The van der Waals surface area contributed by atoms with Crippen LogP contribution < -0.4 is 10.5 Å². The van der Waals surface area contributed by atoms with E-state index in [0.29, 0.717) is 0 Å². The average Bonchev–Trinajstić information content (AvgIpc) is 2.95. The second kappa shape index (κ2) is 3.89. The summed E-state index contributed by atoms with van der Waals surface area (Å²) in [5.74, 6) is 0.992. The van der Waals surface area contributed by atoms with E-state index < -0.39 is 0 Å². The molecular formula is C13H15N3O. The Kier molecular flexibility index (Phi) is 2.37. The van der Waals surface area contributed by atoms with E-state index in [1.807, 2.05) is 29.9 Å². The van der Waals surface area contributed by atoms with Crippen LogP contribution in [-0.2, 0) is 13.5 Å². The number of fused-ring (bicyclic) bond motifs is 1. The lowest BCUT2D eigenvalue weighted by atomic mass is 10.0. The maximum atomic E-state index is 6.25. The summed E-state index contributed by atoms with van der Waals surface area (Å²) in [4.78, 5) is 4.10. The second-order valence-corrected chi connectivity index (χ2v) is 4.37. The van der Waals surface area contributed by atoms with Crippen molar-refractivity contribution in [2.45, 2.75) is 12.5 Å². The lowest BCUT2D eigenvalue weighted by Gasteiger charge is -2.13. The summed E-state index contributed by atoms with van der Waals surface area (Å²) < 4.78 is 7.44. The van der Waals surface area contributed by atoms with Crippen LogP contribution in [0.1, 0.15) is 22.9 Å². The van der Waals surface area contributed by atoms with Crippen molar-refractivity contribution in [1.82, 2.24) is 9.55 Å². The van der Waals surface area contributed by atoms with Crippen molar-refractivity contribution in [3.8, 4) is 5.75 Å². The molecule has 0 fully saturated rings. The number of nitrogens with two attached hydrogens (primary N) is 1. The minimum Gasteiger partial charge on any atom is -0.493 e. The second-order valence-electron chi connectivity index (χ2n) is 4.37. The molecule has 17 heavy (non-hydrogen) atoms. The number of aryl methyl sites for hydroxylation is 1. The van der Waals surface area contributed by atoms with E-state index in [9.17, 15) is 0 Å². The fraction of sp³-hybridized carbons (Fsp3) is 0.308. The van der Waals surface area contributed by atoms with Gasteiger partial charge >= 0.3 is 0 Å². The lowest BCUT2D eigenvalue weighted by Crippen LogP contribution is -2.15. The van der Waals surface area contributed by atoms with Gasteiger partial charge in [-0.3, -0.25) is 0 Å². The third kappa shape index (κ3) is 1.70. The highest BCUT2D eigenvalue weighted by Crippen LogP contribution is 2.29. The summed E-state index contributed by atoms with van der Waals surface area (Å²) in [7, 11) is 1.96. The monoisotopic (exact) mass is 229 g/mol. The van der Waals surface area contributed by atoms with Crippen molar-refractivity contribution in [2.24, 2.45) is 12.8 Å². The van der Waals surface area contributed by atoms with Crippen LogP contribution in [0.4, 0.5) is 0 Å². The molecule has 4 nitrogen and oxygen atoms in total. The molecule has 1 aromatic carbocycles. The van der Waals surface area contributed by atoms with Crippen LogP contribution in [0.25, 0.3) is 0 Å². The van der Waals surface area contributed by atoms with Gasteiger partial charge in [-0.2, -0.15) is 0 Å². The van der Waals surface area contributed by atoms with Crippen molar-refractivity contribution in [2.75, 3.05) is 6.61 Å². The van der Waals surface area contributed by atoms with Crippen LogP contribution in [-0.4, -0.2) is 16.2 Å². The van der Waals surface area contributed by atoms with Crippen molar-refractivity contribution < 1.29 is 4.74 Å². The highest BCUT2D eigenvalue weighted by Gasteiger charge is 2.17. The minimum absolute atomic E-state index is 0.131. The van der Waals surface area contributed by atoms with Crippen LogP contribution in [0, 0.1) is 0 Å². The Morgan fingerprint density at radius 2 is 2.35 bits per heavy atom. The van der Waals surface area contributed by atoms with E-state index in [2.05, 4.69) is 11.1 Å². The Morgan fingerprint density at radius 1 is 1.47 bits per heavy atom. The van der Waals surface area contributed by atoms with E-state index >= 15 is 0 Å². The van der Waals surface area contributed by atoms with Crippen molar-refractivity contribution in [1.29, 1.82) is 0 Å². The van der Waals surface area contributed by atoms with Crippen LogP contribution in [0.5, 0.6) is 5.75 Å². The Labute approximate surface area is 100 Å². The minimum atomic E-state index is -0.131. The van der Waals surface area contributed by atoms with Crippen LogP contribution in [0.2, 0.25) is 0 Å². The molecule has 0 saturated carbocycles. The Hall–Kier alpha value is -1.81. The van der Waals surface area contributed by atoms with E-state index in [1.165, 1.54) is 5.56 Å². The van der Waals surface area contributed by atoms with Crippen LogP contribution in [0.15, 0.2) is 30.7 Å². The fourth-order valence-electron chi connectivity index (χ4n) is 2.24. The van der Waals surface area contributed by atoms with Gasteiger partial charge in [0.05, 0.1) is 30.9 Å². The number of hydrogen-bond acceptors (Lipinski definition) is 3. The summed E-state index contributed by atoms with van der Waals surface area (Å²) in [5.41, 5.74) is 9.63. The molecule has 0 radical (unpaired) electrons. The predicted molar refractivity (Wildman–Crippen MR) is 64.9 cm³/mol. The summed E-state index contributed by atoms with van der Waals surface area (Å²) in [6.45, 7) is 0.778. The normalized spacial score (nSPS) is 15.4. The SMILES string of the molecule is Cn1cncc1C(N)c1ccc2c(c1)CCO2. The molecule has 88 valence electrons. The first-order valence-electron chi connectivity index (χ1n) is 5.73. The smallest absolute Gasteiger partial charge is 0.122 e. The van der Waals surface area contributed by atoms with E-state index in [1.54, 1.807) is 6.33 Å². The fourth-order valence-corrected chi connectivity index (χ4v) is 2.24. The third-order valence-electron chi connectivity index (χ3n) is 3.25. The maximum Gasteiger partial charge on any atom is 0.122 e. The largest absolute Gasteiger partial charge is 0.493 e. The summed E-state index contributed by atoms with van der Waals surface area (Å²) in [6, 6.07) is 6.05. The van der Waals surface area contributed by atoms with Gasteiger partial charge in [-0.25, -0.2) is 4.98 Å². The van der Waals surface area contributed by atoms with Gasteiger partial charge in [0.15, 0.2) is 0 Å². The Balaban J connectivity index is 1.97. The first-order valence-corrected chi connectivity index (χ1v) is 5.73. The first-order chi connectivity index (χ1) is 8.25. The molecule has 0 aliphatic carbocycles. The number of imidazole rings is 1. The molecule has 2 aromatic rings. The van der Waals surface area contributed by atoms with Gasteiger partial charge in [-0.1, -0.05) is 12.1 Å². The molecule has 0 spiro atoms. The standard InChI is InChI=1S/C13H15N3O/c1-16-8-15-7-11(16)13(14)10-2-3-12-9(6-10)4-5-17-12/h2-3,6-8,13H,4-5,14H2,1H3. The summed E-state index contributed by atoms with van der Waals surface area (Å²) in [6.07, 6.45) is 4.56. The highest BCUT2D eigenvalue weighted by atomic mass is 16.5. The molecule has 2 heterocycles. The molecule has 4 heteroatoms. The molecule has 1 aliphatic heterocycles. The van der Waals surface area contributed by atoms with Gasteiger partial charge in [-0.05, 0) is 17.2 Å². The summed E-state index contributed by atoms with van der Waals surface area (Å²) >= 11 is 0. The van der Waals surface area contributed by atoms with Gasteiger partial charge in [0.25, 0.3) is 0 Å². The predicted octanol–water partition coefficient (Wildman–Crippen LogP) is 1.40. The molecule has 1 atom stereocenters. The third-order valence-corrected chi connectivity index (χ3v) is 3.25. The average molecular weight is 229 g/mol. The van der Waals surface area contributed by atoms with Crippen molar-refractivity contribution >= 4 is 0 Å². The molecule has 3 rings (SSSR count). The zero-order valence-corrected chi connectivity index (χ0v) is 9.76. The molecule has 0 bridgehead atoms. The van der Waals surface area contributed by atoms with E-state index in [4.69, 9.17) is 10.5 Å². The number of nitrogens with zero attached hydrogens (tertiary/aromatic N) is 2. The van der Waals surface area contributed by atoms with Gasteiger partial charge in [0, 0.05) is 13.5 Å². The van der Waals surface area contributed by atoms with Crippen LogP contribution in [0.3, 0.4) is 0 Å². The van der Waals surface area contributed by atoms with Crippen molar-refractivity contribution in [3.05, 3.63) is 47.5 Å². The van der Waals surface area contributed by atoms with E-state index in [-0.39, 0.29) is 6.04 Å². The Morgan fingerprint density at radius 3 is 3.12 bits per heavy atom. The van der Waals surface area contributed by atoms with E-state index in [0.717, 1.165) is 30.0 Å². The molecule has 0 saturated heterocycles. The first kappa shape index (κ1) is 10.4. The van der Waals surface area contributed by atoms with Gasteiger partial charge in [-0.15, -0.1) is 0 Å². The van der Waals surface area contributed by atoms with Gasteiger partial charge < -0.3 is 15.0 Å². The number of benzene rings is 1. The maximum absolute atomic E-state index is 6.25. The molecule has 1 aromatic heterocycles. The topological polar surface area (TPSA) is 53.1 Å². The lowest BCUT2D eigenvalue weighted by molar-refractivity contribution is 0.357. The molecule has 0 amide bonds. The van der Waals surface area contributed by atoms with Gasteiger partial charge in [0.1, 0.15) is 5.75 Å². The quantitative estimate of drug-likeness (QED) is 0.847. The Bertz CT molecular complexity index is 547. The van der Waals surface area contributed by atoms with Gasteiger partial charge in [0.2, 0.25) is 0 Å². The van der Waals surface area contributed by atoms with Crippen LogP contribution >= 0.6 is 0 Å². The number of rotatable bonds is 2. The molecular weight excluding hydrogens is 214 g/mol. The zero-order valence-electron chi connectivity index (χ0n) is 9.76. The zero-order chi connectivity index (χ0) is 11.8. The number of aromatic nitrogens is 2. The number of ether oxygens (including phenoxy) is 1. The number of hydrogen-bond donors (Lipinski definition) is 1. The van der Waals surface area contributed by atoms with Crippen molar-refractivity contribution in [3.63, 3.8) is 0 Å².